The minimum Gasteiger partial charge on any atom is -1.00 e. The summed E-state index contributed by atoms with van der Waals surface area (Å²) >= 11 is 4.53. The van der Waals surface area contributed by atoms with Crippen molar-refractivity contribution in [2.75, 3.05) is 0 Å². The van der Waals surface area contributed by atoms with Crippen molar-refractivity contribution in [3.63, 3.8) is 0 Å². The Morgan fingerprint density at radius 3 is 1.94 bits per heavy atom. The Morgan fingerprint density at radius 1 is 1.44 bits per heavy atom. The van der Waals surface area contributed by atoms with Gasteiger partial charge in [-0.25, -0.2) is 0 Å². The van der Waals surface area contributed by atoms with E-state index in [1.807, 2.05) is 13.8 Å². The van der Waals surface area contributed by atoms with Crippen molar-refractivity contribution < 1.29 is 123 Å². The number of rotatable bonds is 4. The van der Waals surface area contributed by atoms with Crippen LogP contribution in [0.5, 0.6) is 0 Å². The summed E-state index contributed by atoms with van der Waals surface area (Å²) in [5.74, 6) is -0.925. The minimum absolute atomic E-state index is 0. The summed E-state index contributed by atoms with van der Waals surface area (Å²) < 4.78 is 4.32. The molecule has 1 unspecified atom stereocenters. The van der Waals surface area contributed by atoms with Crippen LogP contribution in [0, 0.1) is 0 Å². The van der Waals surface area contributed by atoms with Gasteiger partial charge in [-0.3, -0.25) is 9.59 Å². The number of aliphatic carboxylic acids is 1. The zero-order chi connectivity index (χ0) is 11.6. The first-order valence-electron chi connectivity index (χ1n) is 4.17. The average molecular weight is 461 g/mol. The molecule has 0 heterocycles. The molecule has 88 valence electrons. The molecule has 4 nitrogen and oxygen atoms in total. The molecule has 0 spiro atoms. The Labute approximate surface area is 207 Å². The van der Waals surface area contributed by atoms with Gasteiger partial charge in [-0.1, -0.05) is 29.8 Å². The summed E-state index contributed by atoms with van der Waals surface area (Å²) in [6, 6.07) is 0. The van der Waals surface area contributed by atoms with E-state index in [9.17, 15) is 9.59 Å². The predicted molar refractivity (Wildman–Crippen MR) is 67.9 cm³/mol. The quantitative estimate of drug-likeness (QED) is 0.279. The monoisotopic (exact) mass is 460 g/mol. The van der Waals surface area contributed by atoms with Crippen LogP contribution in [0.1, 0.15) is 36.0 Å². The number of hydrogen-bond acceptors (Lipinski definition) is 3. The van der Waals surface area contributed by atoms with Crippen LogP contribution in [0.4, 0.5) is 0 Å². The molecule has 0 aromatic rings. The van der Waals surface area contributed by atoms with E-state index in [-0.39, 0.29) is 116 Å². The van der Waals surface area contributed by atoms with Crippen LogP contribution in [0.25, 0.3) is 0 Å². The number of carbonyl (C=O) groups is 2. The zero-order valence-electron chi connectivity index (χ0n) is 12.1. The molecule has 8 heteroatoms. The maximum atomic E-state index is 10.2. The molecule has 0 bridgehead atoms. The van der Waals surface area contributed by atoms with Crippen LogP contribution in [0.2, 0.25) is 0 Å². The molecule has 0 aliphatic rings. The number of hydrogen-bond donors (Lipinski definition) is 1. The topological polar surface area (TPSA) is 63.6 Å². The molecule has 0 aromatic heterocycles. The Hall–Kier alpha value is 3.42. The van der Waals surface area contributed by atoms with Gasteiger partial charge in [0, 0.05) is 6.42 Å². The first-order valence-corrected chi connectivity index (χ1v) is 5.97. The molecule has 0 saturated carbocycles. The first-order chi connectivity index (χ1) is 6.49. The fourth-order valence-corrected chi connectivity index (χ4v) is 0.638. The standard InChI is InChI=1S/C4H7BrO2.C4H7IO2.2K.2H/c1-2-3(5)4(6)7;1-2-3-4(6)7-5;;;;/h3H,2H2,1H3,(H,6,7);2-3H2,1H3;;;;/q;;2*+1;2*-1. The number of halogens is 2. The second-order valence-electron chi connectivity index (χ2n) is 2.41. The molecule has 1 atom stereocenters. The van der Waals surface area contributed by atoms with E-state index >= 15 is 0 Å². The Kier molecular flexibility index (Phi) is 35.9. The second-order valence-corrected chi connectivity index (χ2v) is 3.96. The second kappa shape index (κ2) is 20.7. The van der Waals surface area contributed by atoms with Crippen LogP contribution < -0.4 is 103 Å². The molecule has 0 aliphatic heterocycles. The van der Waals surface area contributed by atoms with Gasteiger partial charge in [0.1, 0.15) is 4.83 Å². The predicted octanol–water partition coefficient (Wildman–Crippen LogP) is -2.84. The molecule has 0 radical (unpaired) electrons. The van der Waals surface area contributed by atoms with Crippen molar-refractivity contribution in [2.45, 2.75) is 37.9 Å². The molecule has 0 amide bonds. The fraction of sp³-hybridized carbons (Fsp3) is 0.750. The number of carbonyl (C=O) groups excluding carboxylic acids is 1. The summed E-state index contributed by atoms with van der Waals surface area (Å²) in [6.45, 7) is 3.75. The van der Waals surface area contributed by atoms with Crippen LogP contribution >= 0.6 is 38.9 Å². The zero-order valence-corrected chi connectivity index (χ0v) is 20.1. The van der Waals surface area contributed by atoms with E-state index in [0.717, 1.165) is 6.42 Å². The average Bonchev–Trinajstić information content (AvgIpc) is 2.17. The first kappa shape index (κ1) is 27.7. The molecule has 0 fully saturated rings. The number of carboxylic acids is 1. The Balaban J connectivity index is -0.0000000327. The van der Waals surface area contributed by atoms with E-state index < -0.39 is 5.97 Å². The summed E-state index contributed by atoms with van der Waals surface area (Å²) in [5, 5.41) is 8.14. The summed E-state index contributed by atoms with van der Waals surface area (Å²) in [7, 11) is 0. The van der Waals surface area contributed by atoms with Gasteiger partial charge >= 0.3 is 115 Å². The van der Waals surface area contributed by atoms with Crippen molar-refractivity contribution in [3.05, 3.63) is 0 Å². The van der Waals surface area contributed by atoms with Crippen LogP contribution in [0.15, 0.2) is 0 Å². The van der Waals surface area contributed by atoms with Crippen molar-refractivity contribution in [2.24, 2.45) is 0 Å². The summed E-state index contributed by atoms with van der Waals surface area (Å²) in [4.78, 5) is 19.7. The normalized spacial score (nSPS) is 9.50. The fourth-order valence-electron chi connectivity index (χ4n) is 0.417. The molecule has 0 saturated heterocycles. The summed E-state index contributed by atoms with van der Waals surface area (Å²) in [5.41, 5.74) is 0. The smallest absolute Gasteiger partial charge is 1.00 e. The van der Waals surface area contributed by atoms with E-state index in [1.54, 1.807) is 23.0 Å². The third-order valence-electron chi connectivity index (χ3n) is 1.17. The molecule has 16 heavy (non-hydrogen) atoms. The molecule has 1 N–H and O–H groups in total. The van der Waals surface area contributed by atoms with Gasteiger partial charge in [-0.05, 0) is 12.8 Å². The molecular weight excluding hydrogens is 445 g/mol. The maximum absolute atomic E-state index is 10.2. The SMILES string of the molecule is CCC(Br)C(=O)O.CCCC(=O)OI.[H-].[H-].[K+].[K+]. The van der Waals surface area contributed by atoms with Crippen molar-refractivity contribution in [1.82, 2.24) is 0 Å². The van der Waals surface area contributed by atoms with E-state index in [0.29, 0.717) is 12.8 Å². The number of alkyl halides is 1. The van der Waals surface area contributed by atoms with Crippen LogP contribution in [0.3, 0.4) is 0 Å². The van der Waals surface area contributed by atoms with Crippen molar-refractivity contribution >= 4 is 50.9 Å². The van der Waals surface area contributed by atoms with Gasteiger partial charge < -0.3 is 11.0 Å². The van der Waals surface area contributed by atoms with Crippen LogP contribution in [-0.4, -0.2) is 21.9 Å². The third-order valence-corrected chi connectivity index (χ3v) is 2.70. The van der Waals surface area contributed by atoms with Gasteiger partial charge in [0.25, 0.3) is 0 Å². The largest absolute Gasteiger partial charge is 1.00 e. The molecule has 0 aliphatic carbocycles. The van der Waals surface area contributed by atoms with Gasteiger partial charge in [-0.2, -0.15) is 0 Å². The summed E-state index contributed by atoms with van der Waals surface area (Å²) in [6.07, 6.45) is 2.03. The number of carboxylic acid groups (broad SMARTS) is 1. The van der Waals surface area contributed by atoms with Gasteiger partial charge in [-0.15, -0.1) is 0 Å². The third kappa shape index (κ3) is 22.6. The molecular formula is C8H16BrIK2O4. The van der Waals surface area contributed by atoms with Crippen LogP contribution in [-0.2, 0) is 12.7 Å². The molecule has 0 rings (SSSR count). The minimum atomic E-state index is -0.789. The van der Waals surface area contributed by atoms with Gasteiger partial charge in [0.15, 0.2) is 23.0 Å². The van der Waals surface area contributed by atoms with Crippen molar-refractivity contribution in [3.8, 4) is 0 Å². The van der Waals surface area contributed by atoms with E-state index in [2.05, 4.69) is 19.0 Å². The van der Waals surface area contributed by atoms with Crippen molar-refractivity contribution in [1.29, 1.82) is 0 Å². The van der Waals surface area contributed by atoms with E-state index in [1.165, 1.54) is 0 Å². The maximum Gasteiger partial charge on any atom is 1.00 e. The van der Waals surface area contributed by atoms with Gasteiger partial charge in [0.2, 0.25) is 0 Å². The van der Waals surface area contributed by atoms with Gasteiger partial charge in [0.05, 0.1) is 0 Å². The Bertz CT molecular complexity index is 190. The van der Waals surface area contributed by atoms with E-state index in [4.69, 9.17) is 5.11 Å². The Morgan fingerprint density at radius 2 is 1.88 bits per heavy atom. The molecule has 0 aromatic carbocycles.